The molecule has 0 aliphatic carbocycles. The number of likely N-dealkylation sites (tertiary alicyclic amines) is 1. The molecule has 45 heavy (non-hydrogen) atoms. The van der Waals surface area contributed by atoms with Crippen LogP contribution in [0.2, 0.25) is 0 Å². The number of aliphatic hydroxyl groups excluding tert-OH is 3. The van der Waals surface area contributed by atoms with Gasteiger partial charge in [-0.3, -0.25) is 19.7 Å². The lowest BCUT2D eigenvalue weighted by Gasteiger charge is -2.46. The number of thioether (sulfide) groups is 2. The van der Waals surface area contributed by atoms with Crippen LogP contribution in [0.5, 0.6) is 0 Å². The Bertz CT molecular complexity index is 1340. The Labute approximate surface area is 267 Å². The number of benzene rings is 1. The van der Waals surface area contributed by atoms with Gasteiger partial charge in [-0.25, -0.2) is 9.59 Å². The summed E-state index contributed by atoms with van der Waals surface area (Å²) in [4.78, 5) is 63.9. The van der Waals surface area contributed by atoms with Gasteiger partial charge in [0.2, 0.25) is 11.8 Å². The summed E-state index contributed by atoms with van der Waals surface area (Å²) in [5.74, 6) is -2.34. The van der Waals surface area contributed by atoms with Gasteiger partial charge in [-0.05, 0) is 31.0 Å². The molecule has 0 bridgehead atoms. The van der Waals surface area contributed by atoms with Crippen LogP contribution in [-0.4, -0.2) is 113 Å². The third-order valence-corrected chi connectivity index (χ3v) is 10.6. The zero-order valence-corrected chi connectivity index (χ0v) is 26.2. The Morgan fingerprint density at radius 2 is 1.91 bits per heavy atom. The van der Waals surface area contributed by atoms with E-state index < -0.39 is 59.7 Å². The van der Waals surface area contributed by atoms with Gasteiger partial charge in [0.05, 0.1) is 29.6 Å². The largest absolute Gasteiger partial charge is 0.477 e. The number of carboxylic acid groups (broad SMARTS) is 1. The minimum Gasteiger partial charge on any atom is -0.477 e. The van der Waals surface area contributed by atoms with Crippen molar-refractivity contribution in [2.24, 2.45) is 11.8 Å². The first-order chi connectivity index (χ1) is 21.3. The minimum atomic E-state index is -1.35. The van der Waals surface area contributed by atoms with E-state index in [1.54, 1.807) is 4.90 Å². The molecule has 2 saturated heterocycles. The number of carboxylic acids is 1. The molecule has 0 aromatic heterocycles. The maximum Gasteiger partial charge on any atom is 0.410 e. The van der Waals surface area contributed by atoms with Crippen molar-refractivity contribution in [3.8, 4) is 0 Å². The number of aliphatic carboxylic acids is 1. The Morgan fingerprint density at radius 3 is 2.51 bits per heavy atom. The molecule has 0 radical (unpaired) electrons. The number of hydrogen-bond donors (Lipinski definition) is 5. The SMILES string of the molecule is C[C@H]1C(S[C@H]2C[C@@H](CSCCC(=O)NC(O)CO)N(C(=O)OCc3ccc([N+](=O)[O-])cc3)C2)=C(C(=O)O)N2C(=O)[C@H]([C@@H](C)O)C12. The summed E-state index contributed by atoms with van der Waals surface area (Å²) in [5.41, 5.74) is 0.364. The number of rotatable bonds is 14. The van der Waals surface area contributed by atoms with Crippen LogP contribution in [0.4, 0.5) is 10.5 Å². The molecule has 2 unspecified atom stereocenters. The molecule has 17 heteroatoms. The fraction of sp³-hybridized carbons (Fsp3) is 0.571. The van der Waals surface area contributed by atoms with Crippen molar-refractivity contribution >= 4 is 53.1 Å². The third-order valence-electron chi connectivity index (χ3n) is 8.01. The lowest BCUT2D eigenvalue weighted by molar-refractivity contribution is -0.384. The third kappa shape index (κ3) is 7.71. The van der Waals surface area contributed by atoms with Crippen LogP contribution < -0.4 is 5.32 Å². The van der Waals surface area contributed by atoms with Crippen LogP contribution in [-0.2, 0) is 25.7 Å². The Morgan fingerprint density at radius 1 is 1.22 bits per heavy atom. The van der Waals surface area contributed by atoms with Gasteiger partial charge in [-0.15, -0.1) is 11.8 Å². The number of nitro groups is 1. The smallest absolute Gasteiger partial charge is 0.410 e. The number of β-lactam (4-membered cyclic amide) rings is 1. The van der Waals surface area contributed by atoms with Gasteiger partial charge in [0.1, 0.15) is 18.5 Å². The molecule has 4 rings (SSSR count). The van der Waals surface area contributed by atoms with Gasteiger partial charge in [0, 0.05) is 58.7 Å². The van der Waals surface area contributed by atoms with E-state index in [0.717, 1.165) is 0 Å². The van der Waals surface area contributed by atoms with Gasteiger partial charge in [-0.2, -0.15) is 11.8 Å². The summed E-state index contributed by atoms with van der Waals surface area (Å²) >= 11 is 2.71. The number of carbonyl (C=O) groups is 4. The highest BCUT2D eigenvalue weighted by Crippen LogP contribution is 2.52. The fourth-order valence-electron chi connectivity index (χ4n) is 5.83. The second-order valence-electron chi connectivity index (χ2n) is 11.1. The number of non-ortho nitro benzene ring substituents is 1. The van der Waals surface area contributed by atoms with E-state index in [0.29, 0.717) is 28.4 Å². The first kappa shape index (κ1) is 34.5. The molecule has 0 spiro atoms. The molecule has 15 nitrogen and oxygen atoms in total. The van der Waals surface area contributed by atoms with Crippen molar-refractivity contribution in [1.29, 1.82) is 0 Å². The minimum absolute atomic E-state index is 0.0687. The van der Waals surface area contributed by atoms with Crippen LogP contribution in [0.1, 0.15) is 32.3 Å². The molecule has 246 valence electrons. The standard InChI is InChI=1S/C28H36N4O11S2/c1-14-23-22(15(2)34)26(37)31(23)24(27(38)39)25(14)45-19-9-18(13-44-8-7-20(35)29-21(36)11-33)30(10-19)28(40)43-12-16-3-5-17(6-4-16)32(41)42/h3-6,14-15,18-19,21-23,33-34,36H,7-13H2,1-2H3,(H,29,35)(H,38,39)/t14-,15-,18+,19+,21?,22-,23?/m1/s1. The maximum absolute atomic E-state index is 13.3. The van der Waals surface area contributed by atoms with E-state index in [2.05, 4.69) is 5.32 Å². The number of hydrogen-bond acceptors (Lipinski definition) is 12. The van der Waals surface area contributed by atoms with Crippen LogP contribution in [0.25, 0.3) is 0 Å². The number of ether oxygens (including phenoxy) is 1. The summed E-state index contributed by atoms with van der Waals surface area (Å²) in [7, 11) is 0. The van der Waals surface area contributed by atoms with E-state index in [1.165, 1.54) is 59.6 Å². The number of nitro benzene ring substituents is 1. The summed E-state index contributed by atoms with van der Waals surface area (Å²) in [6.07, 6.45) is -2.35. The average molecular weight is 669 g/mol. The highest BCUT2D eigenvalue weighted by molar-refractivity contribution is 8.03. The monoisotopic (exact) mass is 668 g/mol. The normalized spacial score (nSPS) is 25.4. The van der Waals surface area contributed by atoms with Crippen molar-refractivity contribution < 1.29 is 49.3 Å². The van der Waals surface area contributed by atoms with Crippen molar-refractivity contribution in [2.75, 3.05) is 24.7 Å². The molecular formula is C28H36N4O11S2. The van der Waals surface area contributed by atoms with E-state index in [1.807, 2.05) is 6.92 Å². The van der Waals surface area contributed by atoms with Gasteiger partial charge in [-0.1, -0.05) is 6.92 Å². The van der Waals surface area contributed by atoms with Gasteiger partial charge in [0.15, 0.2) is 0 Å². The number of nitrogens with zero attached hydrogens (tertiary/aromatic N) is 3. The van der Waals surface area contributed by atoms with Gasteiger partial charge >= 0.3 is 12.1 Å². The summed E-state index contributed by atoms with van der Waals surface area (Å²) in [5, 5.41) is 51.3. The van der Waals surface area contributed by atoms with E-state index in [4.69, 9.17) is 9.84 Å². The van der Waals surface area contributed by atoms with Crippen molar-refractivity contribution in [3.63, 3.8) is 0 Å². The molecule has 3 heterocycles. The molecule has 7 atom stereocenters. The highest BCUT2D eigenvalue weighted by Gasteiger charge is 2.60. The number of carbonyl (C=O) groups excluding carboxylic acids is 3. The predicted octanol–water partition coefficient (Wildman–Crippen LogP) is 1.11. The average Bonchev–Trinajstić information content (AvgIpc) is 3.50. The van der Waals surface area contributed by atoms with Gasteiger partial charge in [0.25, 0.3) is 5.69 Å². The topological polar surface area (TPSA) is 220 Å². The molecule has 1 aromatic rings. The maximum atomic E-state index is 13.3. The first-order valence-electron chi connectivity index (χ1n) is 14.3. The number of nitrogens with one attached hydrogen (secondary N) is 1. The van der Waals surface area contributed by atoms with E-state index in [9.17, 15) is 44.6 Å². The summed E-state index contributed by atoms with van der Waals surface area (Å²) in [6.45, 7) is 2.83. The predicted molar refractivity (Wildman–Crippen MR) is 163 cm³/mol. The first-order valence-corrected chi connectivity index (χ1v) is 16.3. The Hall–Kier alpha value is -3.38. The molecule has 3 amide bonds. The summed E-state index contributed by atoms with van der Waals surface area (Å²) in [6, 6.07) is 4.82. The molecule has 2 fully saturated rings. The van der Waals surface area contributed by atoms with E-state index in [-0.39, 0.29) is 48.2 Å². The van der Waals surface area contributed by atoms with Crippen LogP contribution in [0.15, 0.2) is 34.9 Å². The Kier molecular flexibility index (Phi) is 11.4. The number of aliphatic hydroxyl groups is 3. The van der Waals surface area contributed by atoms with Gasteiger partial charge < -0.3 is 40.3 Å². The van der Waals surface area contributed by atoms with Crippen molar-refractivity contribution in [2.45, 2.75) is 63.0 Å². The zero-order valence-electron chi connectivity index (χ0n) is 24.6. The van der Waals surface area contributed by atoms with Crippen molar-refractivity contribution in [1.82, 2.24) is 15.1 Å². The fourth-order valence-corrected chi connectivity index (χ4v) is 8.48. The van der Waals surface area contributed by atoms with Crippen LogP contribution in [0, 0.1) is 22.0 Å². The lowest BCUT2D eigenvalue weighted by atomic mass is 9.79. The van der Waals surface area contributed by atoms with Crippen LogP contribution in [0.3, 0.4) is 0 Å². The zero-order chi connectivity index (χ0) is 33.0. The molecule has 3 aliphatic heterocycles. The molecular weight excluding hydrogens is 632 g/mol. The second kappa shape index (κ2) is 14.8. The number of fused-ring (bicyclic) bond motifs is 1. The van der Waals surface area contributed by atoms with Crippen molar-refractivity contribution in [3.05, 3.63) is 50.5 Å². The number of amides is 3. The van der Waals surface area contributed by atoms with Crippen LogP contribution >= 0.6 is 23.5 Å². The molecule has 3 aliphatic rings. The Balaban J connectivity index is 1.44. The highest BCUT2D eigenvalue weighted by atomic mass is 32.2. The lowest BCUT2D eigenvalue weighted by Crippen LogP contribution is -2.63. The molecule has 1 aromatic carbocycles. The summed E-state index contributed by atoms with van der Waals surface area (Å²) < 4.78 is 5.54. The second-order valence-corrected chi connectivity index (χ2v) is 13.6. The van der Waals surface area contributed by atoms with E-state index >= 15 is 0 Å². The quantitative estimate of drug-likeness (QED) is 0.0617. The molecule has 0 saturated carbocycles. The molecule has 5 N–H and O–H groups in total.